The zero-order valence-electron chi connectivity index (χ0n) is 15.2. The first kappa shape index (κ1) is 17.7. The molecule has 1 aromatic heterocycles. The van der Waals surface area contributed by atoms with Gasteiger partial charge in [-0.25, -0.2) is 0 Å². The van der Waals surface area contributed by atoms with Crippen molar-refractivity contribution in [3.05, 3.63) is 53.9 Å². The first-order chi connectivity index (χ1) is 12.2. The van der Waals surface area contributed by atoms with Crippen LogP contribution in [0.5, 0.6) is 11.5 Å². The van der Waals surface area contributed by atoms with E-state index in [9.17, 15) is 0 Å². The number of fused-ring (bicyclic) bond motifs is 1. The highest BCUT2D eigenvalue weighted by atomic mass is 16.7. The lowest BCUT2D eigenvalue weighted by Gasteiger charge is -2.19. The summed E-state index contributed by atoms with van der Waals surface area (Å²) in [6.45, 7) is 6.71. The van der Waals surface area contributed by atoms with E-state index in [-0.39, 0.29) is 0 Å². The van der Waals surface area contributed by atoms with Crippen LogP contribution in [-0.4, -0.2) is 18.3 Å². The molecule has 1 atom stereocenters. The Balaban J connectivity index is 1.57. The van der Waals surface area contributed by atoms with E-state index < -0.39 is 0 Å². The Hall–Kier alpha value is -2.07. The summed E-state index contributed by atoms with van der Waals surface area (Å²) in [7, 11) is 0. The van der Waals surface area contributed by atoms with Gasteiger partial charge in [0, 0.05) is 12.7 Å². The molecule has 134 valence electrons. The standard InChI is InChI=1S/C21H28N2O2/c1-16(2)6-7-17(10-12-22-14-19-5-3-4-11-23-19)18-8-9-20-21(13-18)25-15-24-20/h3-5,8-9,11,13,16-17,22H,6-7,10,12,14-15H2,1-2H3/t17-/m1/s1. The Morgan fingerprint density at radius 2 is 1.92 bits per heavy atom. The minimum Gasteiger partial charge on any atom is -0.454 e. The lowest BCUT2D eigenvalue weighted by Crippen LogP contribution is -2.18. The Kier molecular flexibility index (Phi) is 6.29. The zero-order valence-corrected chi connectivity index (χ0v) is 15.2. The summed E-state index contributed by atoms with van der Waals surface area (Å²) in [6.07, 6.45) is 5.39. The molecule has 0 radical (unpaired) electrons. The molecule has 0 aliphatic carbocycles. The molecule has 1 aromatic carbocycles. The Morgan fingerprint density at radius 3 is 2.72 bits per heavy atom. The van der Waals surface area contributed by atoms with Crippen LogP contribution in [0.2, 0.25) is 0 Å². The number of nitrogens with one attached hydrogen (secondary N) is 1. The van der Waals surface area contributed by atoms with Gasteiger partial charge < -0.3 is 14.8 Å². The van der Waals surface area contributed by atoms with E-state index in [0.717, 1.165) is 42.6 Å². The predicted octanol–water partition coefficient (Wildman–Crippen LogP) is 4.51. The van der Waals surface area contributed by atoms with Crippen LogP contribution in [0.1, 0.15) is 50.3 Å². The molecule has 3 rings (SSSR count). The van der Waals surface area contributed by atoms with Gasteiger partial charge in [-0.05, 0) is 61.1 Å². The van der Waals surface area contributed by atoms with Gasteiger partial charge in [0.25, 0.3) is 0 Å². The minimum absolute atomic E-state index is 0.334. The summed E-state index contributed by atoms with van der Waals surface area (Å²) < 4.78 is 11.0. The van der Waals surface area contributed by atoms with Gasteiger partial charge >= 0.3 is 0 Å². The highest BCUT2D eigenvalue weighted by Crippen LogP contribution is 2.36. The molecule has 2 heterocycles. The van der Waals surface area contributed by atoms with Crippen LogP contribution in [0.4, 0.5) is 0 Å². The second-order valence-electron chi connectivity index (χ2n) is 7.07. The Morgan fingerprint density at radius 1 is 1.04 bits per heavy atom. The smallest absolute Gasteiger partial charge is 0.231 e. The van der Waals surface area contributed by atoms with Gasteiger partial charge in [-0.2, -0.15) is 0 Å². The predicted molar refractivity (Wildman–Crippen MR) is 99.9 cm³/mol. The van der Waals surface area contributed by atoms with E-state index in [2.05, 4.69) is 42.3 Å². The van der Waals surface area contributed by atoms with Crippen LogP contribution in [0.15, 0.2) is 42.6 Å². The van der Waals surface area contributed by atoms with Gasteiger partial charge in [-0.1, -0.05) is 32.4 Å². The summed E-state index contributed by atoms with van der Waals surface area (Å²) in [4.78, 5) is 4.36. The van der Waals surface area contributed by atoms with Crippen LogP contribution in [0, 0.1) is 5.92 Å². The SMILES string of the molecule is CC(C)CC[C@H](CCNCc1ccccn1)c1ccc2c(c1)OCO2. The third-order valence-electron chi connectivity index (χ3n) is 4.66. The van der Waals surface area contributed by atoms with Gasteiger partial charge in [0.2, 0.25) is 6.79 Å². The number of ether oxygens (including phenoxy) is 2. The second-order valence-corrected chi connectivity index (χ2v) is 7.07. The van der Waals surface area contributed by atoms with E-state index in [1.807, 2.05) is 24.4 Å². The fourth-order valence-electron chi connectivity index (χ4n) is 3.17. The van der Waals surface area contributed by atoms with E-state index >= 15 is 0 Å². The van der Waals surface area contributed by atoms with Gasteiger partial charge in [0.05, 0.1) is 5.69 Å². The van der Waals surface area contributed by atoms with Crippen molar-refractivity contribution in [3.63, 3.8) is 0 Å². The second kappa shape index (κ2) is 8.86. The molecule has 1 N–H and O–H groups in total. The van der Waals surface area contributed by atoms with Crippen LogP contribution in [0.3, 0.4) is 0 Å². The maximum absolute atomic E-state index is 5.55. The summed E-state index contributed by atoms with van der Waals surface area (Å²) in [5, 5.41) is 3.52. The van der Waals surface area contributed by atoms with E-state index in [4.69, 9.17) is 9.47 Å². The summed E-state index contributed by atoms with van der Waals surface area (Å²) >= 11 is 0. The molecule has 4 nitrogen and oxygen atoms in total. The maximum Gasteiger partial charge on any atom is 0.231 e. The van der Waals surface area contributed by atoms with Crippen molar-refractivity contribution >= 4 is 0 Å². The molecule has 0 spiro atoms. The monoisotopic (exact) mass is 340 g/mol. The van der Waals surface area contributed by atoms with Crippen molar-refractivity contribution in [1.82, 2.24) is 10.3 Å². The first-order valence-corrected chi connectivity index (χ1v) is 9.22. The molecular formula is C21H28N2O2. The maximum atomic E-state index is 5.55. The normalized spacial score (nSPS) is 14.0. The molecular weight excluding hydrogens is 312 g/mol. The molecule has 0 saturated carbocycles. The van der Waals surface area contributed by atoms with Gasteiger partial charge in [0.15, 0.2) is 11.5 Å². The number of rotatable bonds is 9. The van der Waals surface area contributed by atoms with Crippen molar-refractivity contribution in [2.45, 2.75) is 45.6 Å². The summed E-state index contributed by atoms with van der Waals surface area (Å²) in [6, 6.07) is 12.4. The molecule has 1 aliphatic rings. The first-order valence-electron chi connectivity index (χ1n) is 9.22. The average molecular weight is 340 g/mol. The zero-order chi connectivity index (χ0) is 17.5. The summed E-state index contributed by atoms with van der Waals surface area (Å²) in [5.41, 5.74) is 2.44. The number of aromatic nitrogens is 1. The average Bonchev–Trinajstić information content (AvgIpc) is 3.09. The molecule has 0 unspecified atom stereocenters. The van der Waals surface area contributed by atoms with Gasteiger partial charge in [-0.15, -0.1) is 0 Å². The third-order valence-corrected chi connectivity index (χ3v) is 4.66. The number of pyridine rings is 1. The molecule has 0 fully saturated rings. The van der Waals surface area contributed by atoms with Crippen LogP contribution < -0.4 is 14.8 Å². The largest absolute Gasteiger partial charge is 0.454 e. The number of hydrogen-bond donors (Lipinski definition) is 1. The highest BCUT2D eigenvalue weighted by molar-refractivity contribution is 5.45. The van der Waals surface area contributed by atoms with Crippen molar-refractivity contribution < 1.29 is 9.47 Å². The van der Waals surface area contributed by atoms with Crippen LogP contribution in [-0.2, 0) is 6.54 Å². The molecule has 0 saturated heterocycles. The van der Waals surface area contributed by atoms with E-state index in [1.54, 1.807) is 0 Å². The van der Waals surface area contributed by atoms with Crippen molar-refractivity contribution in [2.24, 2.45) is 5.92 Å². The quantitative estimate of drug-likeness (QED) is 0.682. The number of hydrogen-bond acceptors (Lipinski definition) is 4. The molecule has 0 bridgehead atoms. The van der Waals surface area contributed by atoms with Crippen molar-refractivity contribution in [1.29, 1.82) is 0 Å². The van der Waals surface area contributed by atoms with Crippen molar-refractivity contribution in [3.8, 4) is 11.5 Å². The molecule has 1 aliphatic heterocycles. The van der Waals surface area contributed by atoms with Crippen LogP contribution >= 0.6 is 0 Å². The Labute approximate surface area is 150 Å². The van der Waals surface area contributed by atoms with Gasteiger partial charge in [0.1, 0.15) is 0 Å². The highest BCUT2D eigenvalue weighted by Gasteiger charge is 2.18. The van der Waals surface area contributed by atoms with E-state index in [1.165, 1.54) is 18.4 Å². The van der Waals surface area contributed by atoms with Crippen LogP contribution in [0.25, 0.3) is 0 Å². The molecule has 4 heteroatoms. The molecule has 2 aromatic rings. The third kappa shape index (κ3) is 5.20. The van der Waals surface area contributed by atoms with Crippen molar-refractivity contribution in [2.75, 3.05) is 13.3 Å². The Bertz CT molecular complexity index is 658. The van der Waals surface area contributed by atoms with E-state index in [0.29, 0.717) is 12.7 Å². The fourth-order valence-corrected chi connectivity index (χ4v) is 3.17. The fraction of sp³-hybridized carbons (Fsp3) is 0.476. The molecule has 0 amide bonds. The lowest BCUT2D eigenvalue weighted by molar-refractivity contribution is 0.174. The lowest BCUT2D eigenvalue weighted by atomic mass is 9.88. The number of nitrogens with zero attached hydrogens (tertiary/aromatic N) is 1. The molecule has 25 heavy (non-hydrogen) atoms. The summed E-state index contributed by atoms with van der Waals surface area (Å²) in [5.74, 6) is 3.00. The minimum atomic E-state index is 0.334. The van der Waals surface area contributed by atoms with Gasteiger partial charge in [-0.3, -0.25) is 4.98 Å². The topological polar surface area (TPSA) is 43.4 Å². The number of benzene rings is 1.